The van der Waals surface area contributed by atoms with E-state index in [0.717, 1.165) is 5.56 Å². The normalized spacial score (nSPS) is 22.8. The van der Waals surface area contributed by atoms with Gasteiger partial charge in [0, 0.05) is 6.04 Å². The Labute approximate surface area is 112 Å². The third-order valence-corrected chi connectivity index (χ3v) is 5.10. The van der Waals surface area contributed by atoms with Gasteiger partial charge in [-0.2, -0.15) is 0 Å². The van der Waals surface area contributed by atoms with Gasteiger partial charge in [0.15, 0.2) is 0 Å². The molecule has 2 N–H and O–H groups in total. The molecule has 1 aliphatic rings. The van der Waals surface area contributed by atoms with Crippen molar-refractivity contribution in [1.29, 1.82) is 0 Å². The minimum absolute atomic E-state index is 0.270. The highest BCUT2D eigenvalue weighted by atomic mass is 32.2. The fourth-order valence-corrected chi connectivity index (χ4v) is 3.79. The molecule has 1 aromatic rings. The lowest BCUT2D eigenvalue weighted by atomic mass is 9.81. The molecule has 0 atom stereocenters. The van der Waals surface area contributed by atoms with Crippen molar-refractivity contribution in [3.63, 3.8) is 0 Å². The van der Waals surface area contributed by atoms with Gasteiger partial charge in [-0.05, 0) is 43.9 Å². The Morgan fingerprint density at radius 3 is 2.53 bits per heavy atom. The van der Waals surface area contributed by atoms with Crippen LogP contribution in [0.15, 0.2) is 23.1 Å². The highest BCUT2D eigenvalue weighted by molar-refractivity contribution is 7.89. The molecule has 1 saturated carbocycles. The van der Waals surface area contributed by atoms with Crippen molar-refractivity contribution in [2.45, 2.75) is 37.6 Å². The second-order valence-electron chi connectivity index (χ2n) is 5.09. The van der Waals surface area contributed by atoms with Gasteiger partial charge in [0.1, 0.15) is 0 Å². The summed E-state index contributed by atoms with van der Waals surface area (Å²) < 4.78 is 27.0. The molecule has 104 valence electrons. The summed E-state index contributed by atoms with van der Waals surface area (Å²) in [4.78, 5) is 11.0. The number of aryl methyl sites for hydroxylation is 2. The number of sulfonamides is 1. The van der Waals surface area contributed by atoms with Crippen LogP contribution in [0.3, 0.4) is 0 Å². The molecule has 2 rings (SSSR count). The van der Waals surface area contributed by atoms with Gasteiger partial charge >= 0.3 is 5.97 Å². The van der Waals surface area contributed by atoms with Gasteiger partial charge in [-0.1, -0.05) is 12.1 Å². The number of hydrogen-bond acceptors (Lipinski definition) is 3. The molecule has 0 radical (unpaired) electrons. The molecule has 0 bridgehead atoms. The van der Waals surface area contributed by atoms with Crippen LogP contribution in [0.1, 0.15) is 24.0 Å². The summed E-state index contributed by atoms with van der Waals surface area (Å²) in [5.74, 6) is -1.28. The lowest BCUT2D eigenvalue weighted by Crippen LogP contribution is -2.46. The summed E-state index contributed by atoms with van der Waals surface area (Å²) >= 11 is 0. The van der Waals surface area contributed by atoms with Crippen molar-refractivity contribution >= 4 is 16.0 Å². The Morgan fingerprint density at radius 2 is 1.95 bits per heavy atom. The van der Waals surface area contributed by atoms with Crippen LogP contribution in [-0.4, -0.2) is 25.5 Å². The fourth-order valence-electron chi connectivity index (χ4n) is 2.20. The quantitative estimate of drug-likeness (QED) is 0.876. The van der Waals surface area contributed by atoms with Crippen molar-refractivity contribution in [1.82, 2.24) is 4.72 Å². The number of carboxylic acids is 1. The van der Waals surface area contributed by atoms with Gasteiger partial charge in [0.2, 0.25) is 10.0 Å². The zero-order valence-corrected chi connectivity index (χ0v) is 11.7. The molecule has 6 heteroatoms. The molecule has 5 nitrogen and oxygen atoms in total. The maximum absolute atomic E-state index is 12.2. The number of aliphatic carboxylic acids is 1. The molecule has 1 fully saturated rings. The summed E-state index contributed by atoms with van der Waals surface area (Å²) in [6, 6.07) is 4.99. The topological polar surface area (TPSA) is 83.5 Å². The first-order chi connectivity index (χ1) is 8.79. The van der Waals surface area contributed by atoms with E-state index in [1.54, 1.807) is 19.1 Å². The first-order valence-corrected chi connectivity index (χ1v) is 7.60. The monoisotopic (exact) mass is 283 g/mol. The van der Waals surface area contributed by atoms with Gasteiger partial charge in [-0.15, -0.1) is 0 Å². The molecule has 0 aromatic heterocycles. The largest absolute Gasteiger partial charge is 0.481 e. The highest BCUT2D eigenvalue weighted by Crippen LogP contribution is 2.29. The van der Waals surface area contributed by atoms with Crippen LogP contribution in [0.25, 0.3) is 0 Å². The van der Waals surface area contributed by atoms with Crippen molar-refractivity contribution in [3.05, 3.63) is 29.3 Å². The van der Waals surface area contributed by atoms with E-state index in [-0.39, 0.29) is 10.9 Å². The minimum Gasteiger partial charge on any atom is -0.481 e. The van der Waals surface area contributed by atoms with E-state index >= 15 is 0 Å². The van der Waals surface area contributed by atoms with Crippen LogP contribution in [0.2, 0.25) is 0 Å². The molecule has 0 unspecified atom stereocenters. The second-order valence-corrected chi connectivity index (χ2v) is 6.78. The number of benzene rings is 1. The van der Waals surface area contributed by atoms with Crippen LogP contribution in [0.5, 0.6) is 0 Å². The maximum atomic E-state index is 12.2. The van der Waals surface area contributed by atoms with Crippen molar-refractivity contribution < 1.29 is 18.3 Å². The lowest BCUT2D eigenvalue weighted by molar-refractivity contribution is -0.145. The SMILES string of the molecule is Cc1ccc(C)c(S(=O)(=O)NC2CC(C(=O)O)C2)c1. The molecule has 1 aromatic carbocycles. The first kappa shape index (κ1) is 14.0. The van der Waals surface area contributed by atoms with E-state index in [0.29, 0.717) is 18.4 Å². The average Bonchev–Trinajstić information content (AvgIpc) is 2.25. The van der Waals surface area contributed by atoms with Crippen LogP contribution < -0.4 is 4.72 Å². The Morgan fingerprint density at radius 1 is 1.32 bits per heavy atom. The van der Waals surface area contributed by atoms with Crippen molar-refractivity contribution in [3.8, 4) is 0 Å². The van der Waals surface area contributed by atoms with Crippen LogP contribution in [-0.2, 0) is 14.8 Å². The van der Waals surface area contributed by atoms with E-state index < -0.39 is 21.9 Å². The zero-order chi connectivity index (χ0) is 14.2. The average molecular weight is 283 g/mol. The lowest BCUT2D eigenvalue weighted by Gasteiger charge is -2.32. The predicted octanol–water partition coefficient (Wildman–Crippen LogP) is 1.44. The summed E-state index contributed by atoms with van der Waals surface area (Å²) in [6.45, 7) is 3.58. The molecule has 0 heterocycles. The van der Waals surface area contributed by atoms with E-state index in [2.05, 4.69) is 4.72 Å². The maximum Gasteiger partial charge on any atom is 0.306 e. The predicted molar refractivity (Wildman–Crippen MR) is 70.4 cm³/mol. The molecule has 1 aliphatic carbocycles. The van der Waals surface area contributed by atoms with Crippen molar-refractivity contribution in [2.24, 2.45) is 5.92 Å². The highest BCUT2D eigenvalue weighted by Gasteiger charge is 2.37. The van der Waals surface area contributed by atoms with E-state index in [1.807, 2.05) is 13.0 Å². The third kappa shape index (κ3) is 2.96. The van der Waals surface area contributed by atoms with Crippen LogP contribution >= 0.6 is 0 Å². The Balaban J connectivity index is 2.12. The number of carboxylic acid groups (broad SMARTS) is 1. The van der Waals surface area contributed by atoms with E-state index in [1.165, 1.54) is 0 Å². The summed E-state index contributed by atoms with van der Waals surface area (Å²) in [5, 5.41) is 8.77. The second kappa shape index (κ2) is 4.94. The summed E-state index contributed by atoms with van der Waals surface area (Å²) in [6.07, 6.45) is 0.721. The van der Waals surface area contributed by atoms with Gasteiger partial charge in [0.05, 0.1) is 10.8 Å². The van der Waals surface area contributed by atoms with Gasteiger partial charge in [-0.3, -0.25) is 4.79 Å². The third-order valence-electron chi connectivity index (χ3n) is 3.44. The van der Waals surface area contributed by atoms with Crippen LogP contribution in [0, 0.1) is 19.8 Å². The fraction of sp³-hybridized carbons (Fsp3) is 0.462. The van der Waals surface area contributed by atoms with Gasteiger partial charge in [-0.25, -0.2) is 13.1 Å². The summed E-state index contributed by atoms with van der Waals surface area (Å²) in [7, 11) is -3.57. The minimum atomic E-state index is -3.57. The first-order valence-electron chi connectivity index (χ1n) is 6.12. The van der Waals surface area contributed by atoms with Gasteiger partial charge < -0.3 is 5.11 Å². The smallest absolute Gasteiger partial charge is 0.306 e. The van der Waals surface area contributed by atoms with E-state index in [9.17, 15) is 13.2 Å². The molecule has 0 spiro atoms. The molecule has 0 saturated heterocycles. The molecule has 0 aliphatic heterocycles. The number of carbonyl (C=O) groups is 1. The summed E-state index contributed by atoms with van der Waals surface area (Å²) in [5.41, 5.74) is 1.57. The Hall–Kier alpha value is -1.40. The number of nitrogens with one attached hydrogen (secondary N) is 1. The van der Waals surface area contributed by atoms with Crippen LogP contribution in [0.4, 0.5) is 0 Å². The zero-order valence-electron chi connectivity index (χ0n) is 10.9. The Bertz CT molecular complexity index is 603. The molecule has 19 heavy (non-hydrogen) atoms. The molecular formula is C13H17NO4S. The number of hydrogen-bond donors (Lipinski definition) is 2. The van der Waals surface area contributed by atoms with E-state index in [4.69, 9.17) is 5.11 Å². The number of rotatable bonds is 4. The van der Waals surface area contributed by atoms with Crippen molar-refractivity contribution in [2.75, 3.05) is 0 Å². The molecular weight excluding hydrogens is 266 g/mol. The standard InChI is InChI=1S/C13H17NO4S/c1-8-3-4-9(2)12(5-8)19(17,18)14-11-6-10(7-11)13(15)16/h3-5,10-11,14H,6-7H2,1-2H3,(H,15,16). The van der Waals surface area contributed by atoms with Gasteiger partial charge in [0.25, 0.3) is 0 Å². The Kier molecular flexibility index (Phi) is 3.64. The molecule has 0 amide bonds.